The summed E-state index contributed by atoms with van der Waals surface area (Å²) in [5.74, 6) is 0. The van der Waals surface area contributed by atoms with Crippen molar-refractivity contribution >= 4 is 0 Å². The predicted molar refractivity (Wildman–Crippen MR) is 71.6 cm³/mol. The Kier molecular flexibility index (Phi) is 5.77. The average molecular weight is 226 g/mol. The highest BCUT2D eigenvalue weighted by Gasteiger charge is 2.43. The third-order valence-corrected chi connectivity index (χ3v) is 4.05. The van der Waals surface area contributed by atoms with Crippen LogP contribution in [0, 0.1) is 5.41 Å². The van der Waals surface area contributed by atoms with Gasteiger partial charge >= 0.3 is 0 Å². The summed E-state index contributed by atoms with van der Waals surface area (Å²) in [7, 11) is 0. The van der Waals surface area contributed by atoms with Crippen molar-refractivity contribution in [3.63, 3.8) is 0 Å². The van der Waals surface area contributed by atoms with E-state index in [1.165, 1.54) is 51.6 Å². The Morgan fingerprint density at radius 3 is 2.00 bits per heavy atom. The average Bonchev–Trinajstić information content (AvgIpc) is 2.22. The number of nitrogens with zero attached hydrogens (tertiary/aromatic N) is 1. The van der Waals surface area contributed by atoms with Gasteiger partial charge in [-0.15, -0.1) is 0 Å². The number of hydrogen-bond donors (Lipinski definition) is 1. The lowest BCUT2D eigenvalue weighted by Crippen LogP contribution is -2.61. The molecule has 1 atom stereocenters. The molecule has 2 heteroatoms. The summed E-state index contributed by atoms with van der Waals surface area (Å²) in [6.45, 7) is 10.3. The van der Waals surface area contributed by atoms with Gasteiger partial charge in [-0.1, -0.05) is 40.0 Å². The van der Waals surface area contributed by atoms with Crippen LogP contribution >= 0.6 is 0 Å². The minimum atomic E-state index is 0.644. The summed E-state index contributed by atoms with van der Waals surface area (Å²) in [6.07, 6.45) is 7.99. The molecule has 96 valence electrons. The molecule has 1 saturated heterocycles. The van der Waals surface area contributed by atoms with Crippen molar-refractivity contribution in [2.24, 2.45) is 11.1 Å². The Bertz CT molecular complexity index is 177. The van der Waals surface area contributed by atoms with Crippen molar-refractivity contribution in [3.8, 4) is 0 Å². The molecule has 2 nitrogen and oxygen atoms in total. The second-order valence-corrected chi connectivity index (χ2v) is 5.58. The summed E-state index contributed by atoms with van der Waals surface area (Å²) < 4.78 is 0. The van der Waals surface area contributed by atoms with E-state index in [-0.39, 0.29) is 0 Å². The Hall–Kier alpha value is -0.0800. The van der Waals surface area contributed by atoms with Crippen LogP contribution < -0.4 is 5.73 Å². The van der Waals surface area contributed by atoms with Gasteiger partial charge in [-0.2, -0.15) is 0 Å². The van der Waals surface area contributed by atoms with Crippen LogP contribution in [0.2, 0.25) is 0 Å². The van der Waals surface area contributed by atoms with E-state index in [4.69, 9.17) is 5.73 Å². The van der Waals surface area contributed by atoms with E-state index in [9.17, 15) is 0 Å². The Labute approximate surface area is 102 Å². The van der Waals surface area contributed by atoms with Crippen LogP contribution in [0.1, 0.15) is 59.3 Å². The maximum absolute atomic E-state index is 5.86. The van der Waals surface area contributed by atoms with E-state index in [2.05, 4.69) is 25.7 Å². The molecule has 0 aromatic carbocycles. The highest BCUT2D eigenvalue weighted by atomic mass is 15.2. The smallest absolute Gasteiger partial charge is 0.0218 e. The molecule has 0 bridgehead atoms. The van der Waals surface area contributed by atoms with Gasteiger partial charge in [0.05, 0.1) is 0 Å². The zero-order valence-electron chi connectivity index (χ0n) is 11.5. The van der Waals surface area contributed by atoms with Gasteiger partial charge in [-0.05, 0) is 24.7 Å². The van der Waals surface area contributed by atoms with Gasteiger partial charge in [0.25, 0.3) is 0 Å². The molecule has 0 aromatic rings. The van der Waals surface area contributed by atoms with Gasteiger partial charge in [0.2, 0.25) is 0 Å². The summed E-state index contributed by atoms with van der Waals surface area (Å²) >= 11 is 0. The molecule has 2 N–H and O–H groups in total. The van der Waals surface area contributed by atoms with Crippen molar-refractivity contribution in [2.45, 2.75) is 65.3 Å². The van der Waals surface area contributed by atoms with Crippen LogP contribution in [0.5, 0.6) is 0 Å². The number of nitrogens with two attached hydrogens (primary N) is 1. The molecular weight excluding hydrogens is 196 g/mol. The third-order valence-electron chi connectivity index (χ3n) is 4.05. The summed E-state index contributed by atoms with van der Waals surface area (Å²) in [4.78, 5) is 2.62. The van der Waals surface area contributed by atoms with Gasteiger partial charge < -0.3 is 5.73 Å². The van der Waals surface area contributed by atoms with E-state index in [1.54, 1.807) is 0 Å². The van der Waals surface area contributed by atoms with Crippen molar-refractivity contribution in [1.82, 2.24) is 4.90 Å². The Balaban J connectivity index is 2.41. The van der Waals surface area contributed by atoms with E-state index in [0.717, 1.165) is 6.54 Å². The fraction of sp³-hybridized carbons (Fsp3) is 1.00. The maximum Gasteiger partial charge on any atom is 0.0218 e. The van der Waals surface area contributed by atoms with Crippen molar-refractivity contribution in [3.05, 3.63) is 0 Å². The highest BCUT2D eigenvalue weighted by Crippen LogP contribution is 2.40. The lowest BCUT2D eigenvalue weighted by molar-refractivity contribution is -0.0437. The maximum atomic E-state index is 5.86. The Morgan fingerprint density at radius 2 is 1.62 bits per heavy atom. The molecule has 1 unspecified atom stereocenters. The van der Waals surface area contributed by atoms with Gasteiger partial charge in [0.1, 0.15) is 0 Å². The van der Waals surface area contributed by atoms with E-state index < -0.39 is 0 Å². The van der Waals surface area contributed by atoms with Crippen LogP contribution in [0.4, 0.5) is 0 Å². The topological polar surface area (TPSA) is 29.3 Å². The minimum absolute atomic E-state index is 0.644. The van der Waals surface area contributed by atoms with E-state index >= 15 is 0 Å². The van der Waals surface area contributed by atoms with Gasteiger partial charge in [-0.3, -0.25) is 4.90 Å². The fourth-order valence-electron chi connectivity index (χ4n) is 3.36. The SMILES string of the molecule is CCCC(CN)N1CC(CCC)(CCC)C1. The predicted octanol–water partition coefficient (Wildman–Crippen LogP) is 3.02. The molecule has 1 aliphatic heterocycles. The quantitative estimate of drug-likeness (QED) is 0.689. The summed E-state index contributed by atoms with van der Waals surface area (Å²) in [6, 6.07) is 0.645. The number of rotatable bonds is 8. The molecule has 1 heterocycles. The second-order valence-electron chi connectivity index (χ2n) is 5.58. The summed E-state index contributed by atoms with van der Waals surface area (Å²) in [5, 5.41) is 0. The molecular formula is C14H30N2. The van der Waals surface area contributed by atoms with Crippen molar-refractivity contribution in [2.75, 3.05) is 19.6 Å². The van der Waals surface area contributed by atoms with E-state index in [1.807, 2.05) is 0 Å². The van der Waals surface area contributed by atoms with Crippen LogP contribution in [0.15, 0.2) is 0 Å². The third kappa shape index (κ3) is 3.21. The van der Waals surface area contributed by atoms with Crippen LogP contribution in [0.3, 0.4) is 0 Å². The zero-order valence-corrected chi connectivity index (χ0v) is 11.5. The lowest BCUT2D eigenvalue weighted by atomic mass is 9.72. The molecule has 0 aliphatic carbocycles. The van der Waals surface area contributed by atoms with Crippen LogP contribution in [0.25, 0.3) is 0 Å². The van der Waals surface area contributed by atoms with Gasteiger partial charge in [-0.25, -0.2) is 0 Å². The normalized spacial score (nSPS) is 21.8. The fourth-order valence-corrected chi connectivity index (χ4v) is 3.36. The molecule has 1 rings (SSSR count). The van der Waals surface area contributed by atoms with Crippen LogP contribution in [-0.2, 0) is 0 Å². The Morgan fingerprint density at radius 1 is 1.06 bits per heavy atom. The van der Waals surface area contributed by atoms with Gasteiger partial charge in [0.15, 0.2) is 0 Å². The lowest BCUT2D eigenvalue weighted by Gasteiger charge is -2.54. The largest absolute Gasteiger partial charge is 0.329 e. The molecule has 1 fully saturated rings. The molecule has 0 aromatic heterocycles. The first-order chi connectivity index (χ1) is 7.71. The molecule has 1 aliphatic rings. The number of likely N-dealkylation sites (tertiary alicyclic amines) is 1. The molecule has 16 heavy (non-hydrogen) atoms. The van der Waals surface area contributed by atoms with Crippen molar-refractivity contribution in [1.29, 1.82) is 0 Å². The number of hydrogen-bond acceptors (Lipinski definition) is 2. The molecule has 0 spiro atoms. The highest BCUT2D eigenvalue weighted by molar-refractivity contribution is 4.97. The summed E-state index contributed by atoms with van der Waals surface area (Å²) in [5.41, 5.74) is 6.51. The van der Waals surface area contributed by atoms with E-state index in [0.29, 0.717) is 11.5 Å². The van der Waals surface area contributed by atoms with Gasteiger partial charge in [0, 0.05) is 25.7 Å². The van der Waals surface area contributed by atoms with Crippen molar-refractivity contribution < 1.29 is 0 Å². The first-order valence-corrected chi connectivity index (χ1v) is 7.15. The van der Waals surface area contributed by atoms with Crippen LogP contribution in [-0.4, -0.2) is 30.6 Å². The first kappa shape index (κ1) is 14.0. The standard InChI is InChI=1S/C14H30N2/c1-4-7-13(10-15)16-11-14(12-16,8-5-2)9-6-3/h13H,4-12,15H2,1-3H3. The first-order valence-electron chi connectivity index (χ1n) is 7.15. The monoisotopic (exact) mass is 226 g/mol. The molecule has 0 amide bonds. The zero-order chi connectivity index (χ0) is 12.0. The molecule has 0 saturated carbocycles. The molecule has 0 radical (unpaired) electrons. The minimum Gasteiger partial charge on any atom is -0.329 e. The second kappa shape index (κ2) is 6.61.